The van der Waals surface area contributed by atoms with Gasteiger partial charge in [-0.2, -0.15) is 0 Å². The van der Waals surface area contributed by atoms with Crippen LogP contribution in [0, 0.1) is 25.0 Å². The molecule has 0 aliphatic carbocycles. The second kappa shape index (κ2) is 13.4. The van der Waals surface area contributed by atoms with Crippen LogP contribution in [-0.2, 0) is 33.6 Å². The summed E-state index contributed by atoms with van der Waals surface area (Å²) in [5.41, 5.74) is 9.08. The van der Waals surface area contributed by atoms with E-state index in [1.807, 2.05) is 62.5 Å². The molecule has 0 unspecified atom stereocenters. The summed E-state index contributed by atoms with van der Waals surface area (Å²) in [6.07, 6.45) is 3.27. The summed E-state index contributed by atoms with van der Waals surface area (Å²) < 4.78 is 9.48. The fourth-order valence-electron chi connectivity index (χ4n) is 5.69. The minimum atomic E-state index is -1.86. The Kier molecular flexibility index (Phi) is 9.78. The van der Waals surface area contributed by atoms with Crippen LogP contribution in [0.25, 0.3) is 55.7 Å². The molecule has 5 nitrogen and oxygen atoms in total. The Bertz CT molecular complexity index is 2090. The van der Waals surface area contributed by atoms with Crippen LogP contribution in [0.4, 0.5) is 0 Å². The van der Waals surface area contributed by atoms with Crippen molar-refractivity contribution >= 4 is 50.8 Å². The SMILES string of the molecule is CC(C)Cc1cc(-c2[c-]cccc2)nc[c]1[Ge]([CH3])([CH3])[CH3].Cc1ccc2c(n1)oc1c[c-]c(-c3nc4ccccc4n3C)cc12.[Ir]. The molecule has 7 aromatic rings. The van der Waals surface area contributed by atoms with Gasteiger partial charge in [-0.1, -0.05) is 17.5 Å². The van der Waals surface area contributed by atoms with E-state index in [0.29, 0.717) is 11.6 Å². The van der Waals surface area contributed by atoms with Gasteiger partial charge in [0.15, 0.2) is 0 Å². The zero-order valence-corrected chi connectivity index (χ0v) is 31.4. The normalized spacial score (nSPS) is 11.6. The van der Waals surface area contributed by atoms with Crippen LogP contribution < -0.4 is 4.40 Å². The number of pyridine rings is 2. The summed E-state index contributed by atoms with van der Waals surface area (Å²) in [5, 5.41) is 2.06. The molecule has 4 heterocycles. The number of fused-ring (bicyclic) bond motifs is 4. The number of aromatic nitrogens is 4. The third-order valence-corrected chi connectivity index (χ3v) is 12.2. The zero-order valence-electron chi connectivity index (χ0n) is 26.9. The molecule has 0 bridgehead atoms. The van der Waals surface area contributed by atoms with Gasteiger partial charge in [-0.25, -0.2) is 4.98 Å². The van der Waals surface area contributed by atoms with Gasteiger partial charge in [-0.3, -0.25) is 4.98 Å². The van der Waals surface area contributed by atoms with Gasteiger partial charge in [0.1, 0.15) is 0 Å². The summed E-state index contributed by atoms with van der Waals surface area (Å²) in [7, 11) is 2.03. The van der Waals surface area contributed by atoms with Crippen molar-refractivity contribution in [3.05, 3.63) is 108 Å². The Morgan fingerprint density at radius 1 is 0.889 bits per heavy atom. The van der Waals surface area contributed by atoms with Crippen molar-refractivity contribution in [1.82, 2.24) is 19.5 Å². The van der Waals surface area contributed by atoms with Gasteiger partial charge in [0.05, 0.1) is 22.4 Å². The number of aryl methyl sites for hydroxylation is 2. The topological polar surface area (TPSA) is 56.7 Å². The van der Waals surface area contributed by atoms with Crippen molar-refractivity contribution in [3.63, 3.8) is 0 Å². The number of benzene rings is 3. The third kappa shape index (κ3) is 6.99. The summed E-state index contributed by atoms with van der Waals surface area (Å²) in [5.74, 6) is 8.89. The number of hydrogen-bond donors (Lipinski definition) is 0. The molecule has 3 aromatic carbocycles. The maximum atomic E-state index is 5.84. The monoisotopic (exact) mass is 833 g/mol. The maximum Gasteiger partial charge on any atom is 0.216 e. The summed E-state index contributed by atoms with van der Waals surface area (Å²) in [4.78, 5) is 13.9. The van der Waals surface area contributed by atoms with E-state index in [2.05, 4.69) is 89.3 Å². The third-order valence-electron chi connectivity index (χ3n) is 7.85. The first kappa shape index (κ1) is 32.8. The summed E-state index contributed by atoms with van der Waals surface area (Å²) >= 11 is -1.86. The van der Waals surface area contributed by atoms with Crippen molar-refractivity contribution in [2.24, 2.45) is 13.0 Å². The molecule has 0 fully saturated rings. The minimum Gasteiger partial charge on any atom is -0.486 e. The van der Waals surface area contributed by atoms with E-state index < -0.39 is 13.3 Å². The van der Waals surface area contributed by atoms with Gasteiger partial charge >= 0.3 is 126 Å². The first-order valence-corrected chi connectivity index (χ1v) is 22.5. The molecule has 0 amide bonds. The van der Waals surface area contributed by atoms with E-state index >= 15 is 0 Å². The predicted molar refractivity (Wildman–Crippen MR) is 185 cm³/mol. The van der Waals surface area contributed by atoms with Crippen LogP contribution in [0.3, 0.4) is 0 Å². The summed E-state index contributed by atoms with van der Waals surface area (Å²) in [6, 6.07) is 33.1. The second-order valence-electron chi connectivity index (χ2n) is 12.9. The Balaban J connectivity index is 0.000000177. The largest absolute Gasteiger partial charge is 0.486 e. The molecule has 231 valence electrons. The molecule has 7 heteroatoms. The van der Waals surface area contributed by atoms with Gasteiger partial charge in [-0.05, 0) is 31.2 Å². The fourth-order valence-corrected chi connectivity index (χ4v) is 9.02. The number of imidazole rings is 1. The van der Waals surface area contributed by atoms with Crippen molar-refractivity contribution in [2.75, 3.05) is 0 Å². The Labute approximate surface area is 281 Å². The molecular formula is C38H38GeIrN4O-2. The fraction of sp³-hybridized carbons (Fsp3) is 0.237. The van der Waals surface area contributed by atoms with Gasteiger partial charge in [0, 0.05) is 38.2 Å². The van der Waals surface area contributed by atoms with Crippen molar-refractivity contribution in [1.29, 1.82) is 0 Å². The molecule has 0 atom stereocenters. The minimum absolute atomic E-state index is 0. The van der Waals surface area contributed by atoms with Crippen LogP contribution in [0.1, 0.15) is 25.1 Å². The molecule has 0 saturated carbocycles. The van der Waals surface area contributed by atoms with Gasteiger partial charge in [0.25, 0.3) is 0 Å². The van der Waals surface area contributed by atoms with Crippen LogP contribution in [0.5, 0.6) is 0 Å². The molecule has 0 aliphatic heterocycles. The van der Waals surface area contributed by atoms with Crippen molar-refractivity contribution in [3.8, 4) is 22.6 Å². The van der Waals surface area contributed by atoms with E-state index in [9.17, 15) is 0 Å². The molecular weight excluding hydrogens is 793 g/mol. The second-order valence-corrected chi connectivity index (χ2v) is 23.4. The first-order valence-electron chi connectivity index (χ1n) is 15.2. The van der Waals surface area contributed by atoms with Crippen molar-refractivity contribution < 1.29 is 24.5 Å². The Morgan fingerprint density at radius 2 is 1.67 bits per heavy atom. The van der Waals surface area contributed by atoms with Crippen LogP contribution in [0.2, 0.25) is 17.3 Å². The smallest absolute Gasteiger partial charge is 0.216 e. The quantitative estimate of drug-likeness (QED) is 0.129. The molecule has 4 aromatic heterocycles. The Morgan fingerprint density at radius 3 is 2.38 bits per heavy atom. The van der Waals surface area contributed by atoms with E-state index in [1.54, 1.807) is 4.40 Å². The van der Waals surface area contributed by atoms with E-state index in [0.717, 1.165) is 62.1 Å². The summed E-state index contributed by atoms with van der Waals surface area (Å²) in [6.45, 7) is 6.53. The first-order chi connectivity index (χ1) is 21.1. The maximum absolute atomic E-state index is 5.84. The van der Waals surface area contributed by atoms with E-state index in [-0.39, 0.29) is 20.1 Å². The van der Waals surface area contributed by atoms with Crippen LogP contribution in [-0.4, -0.2) is 32.8 Å². The number of nitrogens with zero attached hydrogens (tertiary/aromatic N) is 4. The van der Waals surface area contributed by atoms with Crippen LogP contribution in [0.15, 0.2) is 89.5 Å². The molecule has 0 spiro atoms. The number of rotatable bonds is 5. The predicted octanol–water partition coefficient (Wildman–Crippen LogP) is 8.93. The average Bonchev–Trinajstić information content (AvgIpc) is 3.53. The van der Waals surface area contributed by atoms with E-state index in [1.165, 1.54) is 5.56 Å². The molecule has 0 saturated heterocycles. The zero-order chi connectivity index (χ0) is 31.0. The number of hydrogen-bond acceptors (Lipinski definition) is 4. The standard InChI is InChI=1S/C20H14N3O.C18H24GeN.Ir/c1-12-7-9-14-15-11-13(8-10-18(15)24-20(14)21-12)19-22-16-5-3-4-6-17(16)23(19)2;1-14(2)11-16-12-18(15-9-7-6-8-10-15)20-13-17(16)19(3,4)5;/h3-7,9-11H,1-2H3;6-9,12-14H,11H2,1-5H3;/q2*-1;. The number of furan rings is 1. The van der Waals surface area contributed by atoms with Gasteiger partial charge in [0.2, 0.25) is 5.71 Å². The van der Waals surface area contributed by atoms with Gasteiger partial charge in [-0.15, -0.1) is 23.8 Å². The van der Waals surface area contributed by atoms with E-state index in [4.69, 9.17) is 14.4 Å². The average molecular weight is 832 g/mol. The number of para-hydroxylation sites is 2. The molecule has 0 N–H and O–H groups in total. The van der Waals surface area contributed by atoms with Crippen LogP contribution >= 0.6 is 0 Å². The molecule has 1 radical (unpaired) electrons. The van der Waals surface area contributed by atoms with Gasteiger partial charge < -0.3 is 8.98 Å². The molecule has 45 heavy (non-hydrogen) atoms. The Hall–Kier alpha value is -3.58. The molecule has 7 rings (SSSR count). The van der Waals surface area contributed by atoms with Crippen molar-refractivity contribution in [2.45, 2.75) is 44.5 Å². The molecule has 0 aliphatic rings.